The van der Waals surface area contributed by atoms with Crippen LogP contribution in [0.3, 0.4) is 0 Å². The number of amides is 2. The summed E-state index contributed by atoms with van der Waals surface area (Å²) in [6.45, 7) is 12.9. The Morgan fingerprint density at radius 2 is 1.68 bits per heavy atom. The van der Waals surface area contributed by atoms with Crippen molar-refractivity contribution >= 4 is 17.5 Å². The average Bonchev–Trinajstić information content (AvgIpc) is 2.62. The third kappa shape index (κ3) is 5.30. The summed E-state index contributed by atoms with van der Waals surface area (Å²) in [5, 5.41) is 0. The van der Waals surface area contributed by atoms with Gasteiger partial charge in [-0.3, -0.25) is 9.59 Å². The minimum Gasteiger partial charge on any atom is -0.340 e. The highest BCUT2D eigenvalue weighted by Gasteiger charge is 2.21. The molecule has 25 heavy (non-hydrogen) atoms. The molecule has 1 aromatic carbocycles. The Morgan fingerprint density at radius 3 is 2.16 bits per heavy atom. The van der Waals surface area contributed by atoms with Gasteiger partial charge in [0.05, 0.1) is 0 Å². The first-order valence-corrected chi connectivity index (χ1v) is 9.30. The molecule has 2 rings (SSSR count). The standard InChI is InChI=1S/C20H31N3O2/c1-5-21-12-14-22(15-13-21)20(25)10-11-23(17(4)24)19-8-6-18(7-9-19)16(2)3/h6-9,16H,5,10-15H2,1-4H3. The lowest BCUT2D eigenvalue weighted by atomic mass is 10.0. The minimum atomic E-state index is -0.0269. The van der Waals surface area contributed by atoms with E-state index >= 15 is 0 Å². The molecule has 1 aromatic rings. The molecule has 0 bridgehead atoms. The second-order valence-electron chi connectivity index (χ2n) is 6.98. The van der Waals surface area contributed by atoms with E-state index in [-0.39, 0.29) is 11.8 Å². The lowest BCUT2D eigenvalue weighted by Gasteiger charge is -2.34. The van der Waals surface area contributed by atoms with Crippen molar-refractivity contribution in [1.29, 1.82) is 0 Å². The van der Waals surface area contributed by atoms with E-state index in [4.69, 9.17) is 0 Å². The number of nitrogens with zero attached hydrogens (tertiary/aromatic N) is 3. The molecule has 0 saturated carbocycles. The van der Waals surface area contributed by atoms with Crippen LogP contribution in [0.1, 0.15) is 45.6 Å². The topological polar surface area (TPSA) is 43.9 Å². The second-order valence-corrected chi connectivity index (χ2v) is 6.98. The zero-order valence-corrected chi connectivity index (χ0v) is 16.0. The summed E-state index contributed by atoms with van der Waals surface area (Å²) in [6.07, 6.45) is 0.373. The van der Waals surface area contributed by atoms with Crippen molar-refractivity contribution in [2.75, 3.05) is 44.2 Å². The molecule has 138 valence electrons. The molecular weight excluding hydrogens is 314 g/mol. The maximum atomic E-state index is 12.5. The number of rotatable bonds is 6. The number of benzene rings is 1. The summed E-state index contributed by atoms with van der Waals surface area (Å²) in [5.74, 6) is 0.574. The third-order valence-electron chi connectivity index (χ3n) is 4.97. The van der Waals surface area contributed by atoms with E-state index < -0.39 is 0 Å². The molecule has 1 aliphatic rings. The second kappa shape index (κ2) is 8.99. The molecule has 0 atom stereocenters. The zero-order valence-electron chi connectivity index (χ0n) is 16.0. The predicted octanol–water partition coefficient (Wildman–Crippen LogP) is 2.72. The van der Waals surface area contributed by atoms with Gasteiger partial charge in [-0.05, 0) is 30.2 Å². The number of hydrogen-bond acceptors (Lipinski definition) is 3. The fourth-order valence-electron chi connectivity index (χ4n) is 3.19. The van der Waals surface area contributed by atoms with Gasteiger partial charge in [0, 0.05) is 51.8 Å². The molecule has 1 saturated heterocycles. The van der Waals surface area contributed by atoms with E-state index in [9.17, 15) is 9.59 Å². The summed E-state index contributed by atoms with van der Waals surface area (Å²) in [7, 11) is 0. The van der Waals surface area contributed by atoms with Crippen molar-refractivity contribution in [3.8, 4) is 0 Å². The van der Waals surface area contributed by atoms with Gasteiger partial charge in [0.2, 0.25) is 11.8 Å². The molecule has 0 aromatic heterocycles. The van der Waals surface area contributed by atoms with Crippen LogP contribution in [-0.2, 0) is 9.59 Å². The van der Waals surface area contributed by atoms with E-state index in [2.05, 4.69) is 37.8 Å². The maximum absolute atomic E-state index is 12.5. The van der Waals surface area contributed by atoms with Crippen molar-refractivity contribution < 1.29 is 9.59 Å². The number of piperazine rings is 1. The number of carbonyl (C=O) groups is 2. The molecule has 1 heterocycles. The van der Waals surface area contributed by atoms with E-state index in [0.717, 1.165) is 38.4 Å². The van der Waals surface area contributed by atoms with Crippen molar-refractivity contribution in [3.05, 3.63) is 29.8 Å². The lowest BCUT2D eigenvalue weighted by molar-refractivity contribution is -0.132. The Balaban J connectivity index is 1.93. The smallest absolute Gasteiger partial charge is 0.224 e. The third-order valence-corrected chi connectivity index (χ3v) is 4.97. The molecule has 0 unspecified atom stereocenters. The van der Waals surface area contributed by atoms with Crippen LogP contribution in [0.15, 0.2) is 24.3 Å². The molecule has 0 spiro atoms. The first-order valence-electron chi connectivity index (χ1n) is 9.30. The largest absolute Gasteiger partial charge is 0.340 e. The van der Waals surface area contributed by atoms with Gasteiger partial charge in [-0.25, -0.2) is 0 Å². The average molecular weight is 345 g/mol. The highest BCUT2D eigenvalue weighted by molar-refractivity contribution is 5.92. The van der Waals surface area contributed by atoms with Crippen molar-refractivity contribution in [1.82, 2.24) is 9.80 Å². The minimum absolute atomic E-state index is 0.0269. The van der Waals surface area contributed by atoms with Crippen LogP contribution in [-0.4, -0.2) is 60.9 Å². The fourth-order valence-corrected chi connectivity index (χ4v) is 3.19. The highest BCUT2D eigenvalue weighted by Crippen LogP contribution is 2.20. The quantitative estimate of drug-likeness (QED) is 0.796. The summed E-state index contributed by atoms with van der Waals surface area (Å²) in [6, 6.07) is 8.06. The van der Waals surface area contributed by atoms with Crippen molar-refractivity contribution in [3.63, 3.8) is 0 Å². The van der Waals surface area contributed by atoms with Gasteiger partial charge in [0.1, 0.15) is 0 Å². The number of hydrogen-bond donors (Lipinski definition) is 0. The summed E-state index contributed by atoms with van der Waals surface area (Å²) >= 11 is 0. The first-order chi connectivity index (χ1) is 11.9. The molecule has 0 radical (unpaired) electrons. The summed E-state index contributed by atoms with van der Waals surface area (Å²) < 4.78 is 0. The molecule has 0 N–H and O–H groups in total. The van der Waals surface area contributed by atoms with Crippen LogP contribution in [0.5, 0.6) is 0 Å². The number of likely N-dealkylation sites (N-methyl/N-ethyl adjacent to an activating group) is 1. The van der Waals surface area contributed by atoms with E-state index in [0.29, 0.717) is 18.9 Å². The Labute approximate surface area is 151 Å². The van der Waals surface area contributed by atoms with Gasteiger partial charge >= 0.3 is 0 Å². The van der Waals surface area contributed by atoms with Gasteiger partial charge in [-0.1, -0.05) is 32.9 Å². The Hall–Kier alpha value is -1.88. The van der Waals surface area contributed by atoms with E-state index in [1.165, 1.54) is 5.56 Å². The highest BCUT2D eigenvalue weighted by atomic mass is 16.2. The Kier molecular flexibility index (Phi) is 7.00. The zero-order chi connectivity index (χ0) is 18.4. The van der Waals surface area contributed by atoms with Crippen molar-refractivity contribution in [2.45, 2.75) is 40.0 Å². The summed E-state index contributed by atoms with van der Waals surface area (Å²) in [4.78, 5) is 30.5. The Bertz CT molecular complexity index is 575. The van der Waals surface area contributed by atoms with Gasteiger partial charge in [0.25, 0.3) is 0 Å². The molecule has 0 aliphatic carbocycles. The van der Waals surface area contributed by atoms with Gasteiger partial charge in [-0.2, -0.15) is 0 Å². The van der Waals surface area contributed by atoms with Gasteiger partial charge < -0.3 is 14.7 Å². The fraction of sp³-hybridized carbons (Fsp3) is 0.600. The van der Waals surface area contributed by atoms with E-state index in [1.54, 1.807) is 11.8 Å². The van der Waals surface area contributed by atoms with Crippen LogP contribution in [0.25, 0.3) is 0 Å². The summed E-state index contributed by atoms with van der Waals surface area (Å²) in [5.41, 5.74) is 2.11. The van der Waals surface area contributed by atoms with Crippen LogP contribution in [0, 0.1) is 0 Å². The van der Waals surface area contributed by atoms with Gasteiger partial charge in [0.15, 0.2) is 0 Å². The molecule has 5 heteroatoms. The SMILES string of the molecule is CCN1CCN(C(=O)CCN(C(C)=O)c2ccc(C(C)C)cc2)CC1. The molecular formula is C20H31N3O2. The molecule has 2 amide bonds. The predicted molar refractivity (Wildman–Crippen MR) is 102 cm³/mol. The molecule has 5 nitrogen and oxygen atoms in total. The number of anilines is 1. The van der Waals surface area contributed by atoms with Crippen LogP contribution >= 0.6 is 0 Å². The van der Waals surface area contributed by atoms with Crippen LogP contribution in [0.2, 0.25) is 0 Å². The van der Waals surface area contributed by atoms with Crippen LogP contribution in [0.4, 0.5) is 5.69 Å². The lowest BCUT2D eigenvalue weighted by Crippen LogP contribution is -2.49. The molecule has 1 fully saturated rings. The first kappa shape index (κ1) is 19.4. The normalized spacial score (nSPS) is 15.5. The maximum Gasteiger partial charge on any atom is 0.224 e. The van der Waals surface area contributed by atoms with Crippen molar-refractivity contribution in [2.24, 2.45) is 0 Å². The monoisotopic (exact) mass is 345 g/mol. The Morgan fingerprint density at radius 1 is 1.08 bits per heavy atom. The van der Waals surface area contributed by atoms with Gasteiger partial charge in [-0.15, -0.1) is 0 Å². The number of carbonyl (C=O) groups excluding carboxylic acids is 2. The van der Waals surface area contributed by atoms with Crippen LogP contribution < -0.4 is 4.90 Å². The molecule has 1 aliphatic heterocycles. The van der Waals surface area contributed by atoms with E-state index in [1.807, 2.05) is 17.0 Å².